The number of hydrogen-bond acceptors (Lipinski definition) is 3. The summed E-state index contributed by atoms with van der Waals surface area (Å²) < 4.78 is 11.5. The third-order valence-electron chi connectivity index (χ3n) is 6.04. The van der Waals surface area contributed by atoms with E-state index in [0.29, 0.717) is 17.1 Å². The Hall–Kier alpha value is -0.410. The van der Waals surface area contributed by atoms with Crippen LogP contribution in [0, 0.1) is 17.3 Å². The van der Waals surface area contributed by atoms with Gasteiger partial charge in [-0.15, -0.1) is 0 Å². The molecule has 0 N–H and O–H groups in total. The topological polar surface area (TPSA) is 35.5 Å². The Labute approximate surface area is 128 Å². The standard InChI is InChI=1S/C18H30O3/c1-17(2)6-3-14(4-7-17)16(19)15-5-10-21-18(13-15)8-11-20-12-9-18/h14-15H,3-13H2,1-2H3. The molecule has 0 aromatic carbocycles. The molecule has 1 unspecified atom stereocenters. The van der Waals surface area contributed by atoms with Crippen LogP contribution >= 0.6 is 0 Å². The molecule has 0 radical (unpaired) electrons. The minimum Gasteiger partial charge on any atom is -0.381 e. The SMILES string of the molecule is CC1(C)CCC(C(=O)C2CCOC3(CCOCC3)C2)CC1. The summed E-state index contributed by atoms with van der Waals surface area (Å²) in [6.45, 7) is 7.00. The third-order valence-corrected chi connectivity index (χ3v) is 6.04. The van der Waals surface area contributed by atoms with Gasteiger partial charge in [-0.1, -0.05) is 13.8 Å². The van der Waals surface area contributed by atoms with E-state index >= 15 is 0 Å². The number of ketones is 1. The summed E-state index contributed by atoms with van der Waals surface area (Å²) in [7, 11) is 0. The van der Waals surface area contributed by atoms with Crippen LogP contribution in [0.25, 0.3) is 0 Å². The maximum Gasteiger partial charge on any atom is 0.139 e. The zero-order valence-corrected chi connectivity index (χ0v) is 13.7. The van der Waals surface area contributed by atoms with Crippen LogP contribution in [0.1, 0.15) is 65.2 Å². The molecule has 3 rings (SSSR count). The van der Waals surface area contributed by atoms with Gasteiger partial charge in [-0.25, -0.2) is 0 Å². The van der Waals surface area contributed by atoms with Gasteiger partial charge in [-0.3, -0.25) is 4.79 Å². The molecule has 1 aliphatic carbocycles. The maximum atomic E-state index is 12.9. The molecule has 1 saturated carbocycles. The fourth-order valence-corrected chi connectivity index (χ4v) is 4.38. The number of carbonyl (C=O) groups excluding carboxylic acids is 1. The molecule has 3 nitrogen and oxygen atoms in total. The molecule has 0 aromatic heterocycles. The Morgan fingerprint density at radius 3 is 2.24 bits per heavy atom. The van der Waals surface area contributed by atoms with Gasteiger partial charge in [0.1, 0.15) is 5.78 Å². The smallest absolute Gasteiger partial charge is 0.139 e. The van der Waals surface area contributed by atoms with Crippen LogP contribution in [-0.2, 0) is 14.3 Å². The molecule has 21 heavy (non-hydrogen) atoms. The largest absolute Gasteiger partial charge is 0.381 e. The van der Waals surface area contributed by atoms with Crippen LogP contribution in [0.5, 0.6) is 0 Å². The van der Waals surface area contributed by atoms with Crippen LogP contribution in [0.3, 0.4) is 0 Å². The van der Waals surface area contributed by atoms with E-state index in [9.17, 15) is 4.79 Å². The number of rotatable bonds is 2. The normalized spacial score (nSPS) is 33.0. The average molecular weight is 294 g/mol. The van der Waals surface area contributed by atoms with Crippen LogP contribution in [0.4, 0.5) is 0 Å². The Bertz CT molecular complexity index is 366. The molecule has 3 fully saturated rings. The Balaban J connectivity index is 1.59. The summed E-state index contributed by atoms with van der Waals surface area (Å²) in [5.41, 5.74) is 0.388. The molecule has 3 heteroatoms. The van der Waals surface area contributed by atoms with Gasteiger partial charge < -0.3 is 9.47 Å². The summed E-state index contributed by atoms with van der Waals surface area (Å²) in [4.78, 5) is 12.9. The van der Waals surface area contributed by atoms with Crippen LogP contribution in [0.15, 0.2) is 0 Å². The van der Waals surface area contributed by atoms with Gasteiger partial charge in [0.15, 0.2) is 0 Å². The van der Waals surface area contributed by atoms with Gasteiger partial charge in [-0.05, 0) is 56.8 Å². The molecule has 0 amide bonds. The monoisotopic (exact) mass is 294 g/mol. The van der Waals surface area contributed by atoms with E-state index in [1.807, 2.05) is 0 Å². The van der Waals surface area contributed by atoms with Gasteiger partial charge in [-0.2, -0.15) is 0 Å². The van der Waals surface area contributed by atoms with Crippen molar-refractivity contribution >= 4 is 5.78 Å². The predicted octanol–water partition coefficient (Wildman–Crippen LogP) is 3.75. The fourth-order valence-electron chi connectivity index (χ4n) is 4.38. The lowest BCUT2D eigenvalue weighted by Gasteiger charge is -2.44. The van der Waals surface area contributed by atoms with Gasteiger partial charge in [0.05, 0.1) is 5.60 Å². The number of carbonyl (C=O) groups is 1. The lowest BCUT2D eigenvalue weighted by molar-refractivity contribution is -0.159. The molecule has 120 valence electrons. The molecule has 2 aliphatic heterocycles. The van der Waals surface area contributed by atoms with E-state index in [2.05, 4.69) is 13.8 Å². The second kappa shape index (κ2) is 6.00. The highest BCUT2D eigenvalue weighted by Crippen LogP contribution is 2.42. The summed E-state index contributed by atoms with van der Waals surface area (Å²) in [5, 5.41) is 0. The molecule has 1 atom stereocenters. The van der Waals surface area contributed by atoms with Crippen LogP contribution < -0.4 is 0 Å². The summed E-state index contributed by atoms with van der Waals surface area (Å²) in [6.07, 6.45) is 8.40. The van der Waals surface area contributed by atoms with Crippen molar-refractivity contribution < 1.29 is 14.3 Å². The summed E-state index contributed by atoms with van der Waals surface area (Å²) in [5.74, 6) is 1.10. The molecule has 1 spiro atoms. The zero-order valence-electron chi connectivity index (χ0n) is 13.7. The van der Waals surface area contributed by atoms with Crippen LogP contribution in [-0.4, -0.2) is 31.2 Å². The number of hydrogen-bond donors (Lipinski definition) is 0. The molecule has 0 aromatic rings. The Morgan fingerprint density at radius 1 is 0.905 bits per heavy atom. The molecular weight excluding hydrogens is 264 g/mol. The number of ether oxygens (including phenoxy) is 2. The second-order valence-corrected chi connectivity index (χ2v) is 8.17. The van der Waals surface area contributed by atoms with Gasteiger partial charge in [0.2, 0.25) is 0 Å². The fraction of sp³-hybridized carbons (Fsp3) is 0.944. The van der Waals surface area contributed by atoms with Crippen molar-refractivity contribution in [2.24, 2.45) is 17.3 Å². The second-order valence-electron chi connectivity index (χ2n) is 8.17. The van der Waals surface area contributed by atoms with E-state index in [1.165, 1.54) is 12.8 Å². The Kier molecular flexibility index (Phi) is 4.42. The van der Waals surface area contributed by atoms with Crippen molar-refractivity contribution in [3.63, 3.8) is 0 Å². The van der Waals surface area contributed by atoms with E-state index in [0.717, 1.165) is 58.3 Å². The van der Waals surface area contributed by atoms with E-state index in [4.69, 9.17) is 9.47 Å². The van der Waals surface area contributed by atoms with Crippen molar-refractivity contribution in [2.75, 3.05) is 19.8 Å². The quantitative estimate of drug-likeness (QED) is 0.778. The Morgan fingerprint density at radius 2 is 1.57 bits per heavy atom. The summed E-state index contributed by atoms with van der Waals surface area (Å²) >= 11 is 0. The minimum atomic E-state index is -0.0508. The zero-order chi connectivity index (χ0) is 14.9. The van der Waals surface area contributed by atoms with Gasteiger partial charge in [0, 0.05) is 31.7 Å². The van der Waals surface area contributed by atoms with Crippen molar-refractivity contribution in [3.8, 4) is 0 Å². The first-order valence-corrected chi connectivity index (χ1v) is 8.75. The summed E-state index contributed by atoms with van der Waals surface area (Å²) in [6, 6.07) is 0. The van der Waals surface area contributed by atoms with Crippen molar-refractivity contribution in [1.29, 1.82) is 0 Å². The molecule has 3 aliphatic rings. The first-order valence-electron chi connectivity index (χ1n) is 8.75. The maximum absolute atomic E-state index is 12.9. The minimum absolute atomic E-state index is 0.0508. The van der Waals surface area contributed by atoms with Crippen molar-refractivity contribution in [3.05, 3.63) is 0 Å². The molecule has 2 saturated heterocycles. The third kappa shape index (κ3) is 3.50. The molecular formula is C18H30O3. The van der Waals surface area contributed by atoms with E-state index in [1.54, 1.807) is 0 Å². The average Bonchev–Trinajstić information content (AvgIpc) is 2.47. The lowest BCUT2D eigenvalue weighted by atomic mass is 9.68. The molecule has 2 heterocycles. The molecule has 0 bridgehead atoms. The van der Waals surface area contributed by atoms with Gasteiger partial charge in [0.25, 0.3) is 0 Å². The van der Waals surface area contributed by atoms with Crippen molar-refractivity contribution in [1.82, 2.24) is 0 Å². The lowest BCUT2D eigenvalue weighted by Crippen LogP contribution is -2.47. The van der Waals surface area contributed by atoms with Crippen LogP contribution in [0.2, 0.25) is 0 Å². The van der Waals surface area contributed by atoms with E-state index in [-0.39, 0.29) is 11.5 Å². The number of Topliss-reactive ketones (excluding diaryl/α,β-unsaturated/α-hetero) is 1. The highest BCUT2D eigenvalue weighted by molar-refractivity contribution is 5.83. The first-order chi connectivity index (χ1) is 10.00. The predicted molar refractivity (Wildman–Crippen MR) is 82.2 cm³/mol. The van der Waals surface area contributed by atoms with E-state index < -0.39 is 0 Å². The highest BCUT2D eigenvalue weighted by atomic mass is 16.5. The van der Waals surface area contributed by atoms with Crippen molar-refractivity contribution in [2.45, 2.75) is 70.8 Å². The first kappa shape index (κ1) is 15.5. The van der Waals surface area contributed by atoms with Gasteiger partial charge >= 0.3 is 0 Å². The highest BCUT2D eigenvalue weighted by Gasteiger charge is 2.43.